The largest absolute Gasteiger partial charge is 0.399 e. The van der Waals surface area contributed by atoms with Crippen LogP contribution in [0.4, 0.5) is 5.69 Å². The molecule has 1 aliphatic rings. The van der Waals surface area contributed by atoms with Crippen LogP contribution in [-0.4, -0.2) is 8.42 Å². The molecule has 8 heteroatoms. The molecule has 0 saturated carbocycles. The first-order chi connectivity index (χ1) is 9.87. The highest BCUT2D eigenvalue weighted by Gasteiger charge is 2.28. The minimum Gasteiger partial charge on any atom is -0.399 e. The highest BCUT2D eigenvalue weighted by molar-refractivity contribution is 9.11. The Morgan fingerprint density at radius 3 is 2.81 bits per heavy atom. The van der Waals surface area contributed by atoms with E-state index in [0.717, 1.165) is 35.3 Å². The minimum absolute atomic E-state index is 0.211. The van der Waals surface area contributed by atoms with Gasteiger partial charge in [0.1, 0.15) is 4.21 Å². The summed E-state index contributed by atoms with van der Waals surface area (Å²) >= 11 is 10.2. The van der Waals surface area contributed by atoms with Gasteiger partial charge in [0, 0.05) is 11.7 Å². The SMILES string of the molecule is Nc1ccc2c(c1)CCC2NS(=O)(=O)c1cc(Cl)c(Br)s1. The Bertz CT molecular complexity index is 785. The summed E-state index contributed by atoms with van der Waals surface area (Å²) in [4.78, 5) is 0. The first kappa shape index (κ1) is 15.3. The topological polar surface area (TPSA) is 72.2 Å². The van der Waals surface area contributed by atoms with Crippen LogP contribution in [0.3, 0.4) is 0 Å². The number of thiophene rings is 1. The van der Waals surface area contributed by atoms with Gasteiger partial charge in [-0.25, -0.2) is 13.1 Å². The number of halogens is 2. The fraction of sp³-hybridized carbons (Fsp3) is 0.231. The molecular weight excluding hydrogens is 396 g/mol. The van der Waals surface area contributed by atoms with Crippen molar-refractivity contribution in [2.24, 2.45) is 0 Å². The van der Waals surface area contributed by atoms with E-state index in [4.69, 9.17) is 17.3 Å². The van der Waals surface area contributed by atoms with Crippen LogP contribution in [0, 0.1) is 0 Å². The molecule has 3 N–H and O–H groups in total. The molecule has 0 amide bonds. The molecule has 1 atom stereocenters. The van der Waals surface area contributed by atoms with Gasteiger partial charge in [0.25, 0.3) is 10.0 Å². The maximum Gasteiger partial charge on any atom is 0.250 e. The van der Waals surface area contributed by atoms with Crippen molar-refractivity contribution in [3.8, 4) is 0 Å². The first-order valence-corrected chi connectivity index (χ1v) is 9.69. The average Bonchev–Trinajstić information content (AvgIpc) is 2.94. The lowest BCUT2D eigenvalue weighted by Gasteiger charge is -2.13. The second kappa shape index (κ2) is 5.55. The molecule has 0 radical (unpaired) electrons. The fourth-order valence-corrected chi connectivity index (χ4v) is 6.13. The van der Waals surface area contributed by atoms with Crippen molar-refractivity contribution in [3.63, 3.8) is 0 Å². The molecule has 1 aromatic heterocycles. The Morgan fingerprint density at radius 2 is 2.14 bits per heavy atom. The maximum absolute atomic E-state index is 12.4. The van der Waals surface area contributed by atoms with E-state index < -0.39 is 10.0 Å². The number of aryl methyl sites for hydroxylation is 1. The van der Waals surface area contributed by atoms with Crippen LogP contribution in [-0.2, 0) is 16.4 Å². The van der Waals surface area contributed by atoms with Gasteiger partial charge in [-0.2, -0.15) is 0 Å². The Morgan fingerprint density at radius 1 is 1.38 bits per heavy atom. The van der Waals surface area contributed by atoms with Crippen molar-refractivity contribution in [3.05, 3.63) is 44.2 Å². The Balaban J connectivity index is 1.88. The third kappa shape index (κ3) is 2.98. The molecule has 21 heavy (non-hydrogen) atoms. The number of nitrogens with one attached hydrogen (secondary N) is 1. The Labute approximate surface area is 140 Å². The molecule has 4 nitrogen and oxygen atoms in total. The van der Waals surface area contributed by atoms with Crippen molar-refractivity contribution in [2.75, 3.05) is 5.73 Å². The molecule has 2 aromatic rings. The van der Waals surface area contributed by atoms with Crippen LogP contribution >= 0.6 is 38.9 Å². The van der Waals surface area contributed by atoms with E-state index in [2.05, 4.69) is 20.7 Å². The van der Waals surface area contributed by atoms with Crippen LogP contribution in [0.25, 0.3) is 0 Å². The van der Waals surface area contributed by atoms with E-state index in [1.165, 1.54) is 6.07 Å². The Hall–Kier alpha value is -0.600. The molecule has 1 aliphatic carbocycles. The first-order valence-electron chi connectivity index (χ1n) is 6.22. The molecule has 0 saturated heterocycles. The number of hydrogen-bond acceptors (Lipinski definition) is 4. The molecule has 3 rings (SSSR count). The van der Waals surface area contributed by atoms with Crippen molar-refractivity contribution in [1.82, 2.24) is 4.72 Å². The second-order valence-corrected chi connectivity index (χ2v) is 9.58. The average molecular weight is 408 g/mol. The third-order valence-electron chi connectivity index (χ3n) is 3.43. The van der Waals surface area contributed by atoms with Gasteiger partial charge in [-0.1, -0.05) is 17.7 Å². The Kier molecular flexibility index (Phi) is 4.04. The monoisotopic (exact) mass is 406 g/mol. The van der Waals surface area contributed by atoms with E-state index in [9.17, 15) is 8.42 Å². The summed E-state index contributed by atoms with van der Waals surface area (Å²) in [5, 5.41) is 0.403. The number of sulfonamides is 1. The number of fused-ring (bicyclic) bond motifs is 1. The normalized spacial score (nSPS) is 17.9. The molecule has 0 spiro atoms. The van der Waals surface area contributed by atoms with Gasteiger partial charge in [-0.05, 0) is 58.1 Å². The molecule has 0 aliphatic heterocycles. The van der Waals surface area contributed by atoms with Gasteiger partial charge in [-0.15, -0.1) is 11.3 Å². The maximum atomic E-state index is 12.4. The molecular formula is C13H12BrClN2O2S2. The predicted octanol–water partition coefficient (Wildman–Crippen LogP) is 3.71. The summed E-state index contributed by atoms with van der Waals surface area (Å²) in [5.74, 6) is 0. The number of hydrogen-bond donors (Lipinski definition) is 2. The summed E-state index contributed by atoms with van der Waals surface area (Å²) < 4.78 is 28.4. The number of benzene rings is 1. The van der Waals surface area contributed by atoms with Crippen molar-refractivity contribution in [1.29, 1.82) is 0 Å². The lowest BCUT2D eigenvalue weighted by Crippen LogP contribution is -2.26. The van der Waals surface area contributed by atoms with Gasteiger partial charge in [-0.3, -0.25) is 0 Å². The predicted molar refractivity (Wildman–Crippen MR) is 89.3 cm³/mol. The van der Waals surface area contributed by atoms with Gasteiger partial charge < -0.3 is 5.73 Å². The fourth-order valence-electron chi connectivity index (χ4n) is 2.46. The number of anilines is 1. The number of nitrogen functional groups attached to an aromatic ring is 1. The lowest BCUT2D eigenvalue weighted by molar-refractivity contribution is 0.556. The van der Waals surface area contributed by atoms with E-state index in [-0.39, 0.29) is 10.3 Å². The smallest absolute Gasteiger partial charge is 0.250 e. The molecule has 0 bridgehead atoms. The molecule has 1 heterocycles. The molecule has 1 aromatic carbocycles. The van der Waals surface area contributed by atoms with E-state index in [1.807, 2.05) is 12.1 Å². The van der Waals surface area contributed by atoms with E-state index in [1.54, 1.807) is 6.07 Å². The highest BCUT2D eigenvalue weighted by Crippen LogP contribution is 2.37. The molecule has 0 fully saturated rings. The van der Waals surface area contributed by atoms with Crippen molar-refractivity contribution >= 4 is 54.6 Å². The summed E-state index contributed by atoms with van der Waals surface area (Å²) in [7, 11) is -3.58. The molecule has 1 unspecified atom stereocenters. The third-order valence-corrected chi connectivity index (χ3v) is 7.85. The highest BCUT2D eigenvalue weighted by atomic mass is 79.9. The zero-order valence-electron chi connectivity index (χ0n) is 10.8. The standard InChI is InChI=1S/C13H12BrClN2O2S2/c14-13-10(15)6-12(20-13)21(18,19)17-11-4-1-7-5-8(16)2-3-9(7)11/h2-3,5-6,11,17H,1,4,16H2. The minimum atomic E-state index is -3.58. The van der Waals surface area contributed by atoms with Crippen molar-refractivity contribution < 1.29 is 8.42 Å². The summed E-state index contributed by atoms with van der Waals surface area (Å²) in [6, 6.07) is 6.83. The zero-order chi connectivity index (χ0) is 15.2. The van der Waals surface area contributed by atoms with Crippen LogP contribution < -0.4 is 10.5 Å². The number of nitrogens with two attached hydrogens (primary N) is 1. The van der Waals surface area contributed by atoms with E-state index in [0.29, 0.717) is 14.5 Å². The van der Waals surface area contributed by atoms with Crippen LogP contribution in [0.2, 0.25) is 5.02 Å². The molecule has 112 valence electrons. The van der Waals surface area contributed by atoms with E-state index >= 15 is 0 Å². The van der Waals surface area contributed by atoms with Gasteiger partial charge in [0.2, 0.25) is 0 Å². The summed E-state index contributed by atoms with van der Waals surface area (Å²) in [6.07, 6.45) is 1.56. The van der Waals surface area contributed by atoms with Crippen LogP contribution in [0.5, 0.6) is 0 Å². The lowest BCUT2D eigenvalue weighted by atomic mass is 10.1. The summed E-state index contributed by atoms with van der Waals surface area (Å²) in [5.41, 5.74) is 8.56. The number of rotatable bonds is 3. The van der Waals surface area contributed by atoms with Crippen LogP contribution in [0.1, 0.15) is 23.6 Å². The van der Waals surface area contributed by atoms with Gasteiger partial charge in [0.05, 0.1) is 8.81 Å². The summed E-state index contributed by atoms with van der Waals surface area (Å²) in [6.45, 7) is 0. The zero-order valence-corrected chi connectivity index (χ0v) is 14.7. The van der Waals surface area contributed by atoms with Crippen LogP contribution in [0.15, 0.2) is 32.3 Å². The second-order valence-electron chi connectivity index (χ2n) is 4.86. The van der Waals surface area contributed by atoms with Crippen molar-refractivity contribution in [2.45, 2.75) is 23.1 Å². The van der Waals surface area contributed by atoms with Gasteiger partial charge >= 0.3 is 0 Å². The quantitative estimate of drug-likeness (QED) is 0.762. The van der Waals surface area contributed by atoms with Gasteiger partial charge in [0.15, 0.2) is 0 Å².